The van der Waals surface area contributed by atoms with E-state index in [1.807, 2.05) is 0 Å². The fourth-order valence-electron chi connectivity index (χ4n) is 1.23. The first-order valence-electron chi connectivity index (χ1n) is 3.90. The van der Waals surface area contributed by atoms with E-state index in [0.29, 0.717) is 11.1 Å². The van der Waals surface area contributed by atoms with Crippen LogP contribution in [0.3, 0.4) is 0 Å². The third-order valence-electron chi connectivity index (χ3n) is 2.09. The molecule has 0 amide bonds. The molecule has 1 aliphatic heterocycles. The minimum atomic E-state index is -0.0432. The quantitative estimate of drug-likeness (QED) is 0.436. The minimum Gasteiger partial charge on any atom is -0.307 e. The third-order valence-corrected chi connectivity index (χ3v) is 2.09. The summed E-state index contributed by atoms with van der Waals surface area (Å²) in [7, 11) is 0. The molecule has 0 spiro atoms. The Bertz CT molecular complexity index is 321. The molecule has 62 valence electrons. The molecule has 0 saturated carbocycles. The zero-order valence-electron chi connectivity index (χ0n) is 6.76. The largest absolute Gasteiger partial charge is 0.307 e. The maximum Gasteiger partial charge on any atom is 0.183 e. The van der Waals surface area contributed by atoms with E-state index in [1.54, 1.807) is 6.92 Å². The van der Waals surface area contributed by atoms with Crippen molar-refractivity contribution in [2.24, 2.45) is 0 Å². The molecular formula is C9H9NO2. The molecule has 1 aliphatic carbocycles. The van der Waals surface area contributed by atoms with Gasteiger partial charge in [0.25, 0.3) is 0 Å². The molecule has 3 heteroatoms. The molecule has 1 atom stereocenters. The number of allylic oxidation sites excluding steroid dienone is 3. The van der Waals surface area contributed by atoms with Gasteiger partial charge in [-0.15, -0.1) is 0 Å². The number of nitrogens with one attached hydrogen (secondary N) is 1. The van der Waals surface area contributed by atoms with Crippen molar-refractivity contribution in [3.05, 3.63) is 23.3 Å². The van der Waals surface area contributed by atoms with Gasteiger partial charge in [-0.2, -0.15) is 0 Å². The van der Waals surface area contributed by atoms with E-state index in [9.17, 15) is 9.59 Å². The Morgan fingerprint density at radius 1 is 1.33 bits per heavy atom. The van der Waals surface area contributed by atoms with Crippen LogP contribution in [0.25, 0.3) is 0 Å². The maximum atomic E-state index is 11.3. The Morgan fingerprint density at radius 2 is 2.00 bits per heavy atom. The lowest BCUT2D eigenvalue weighted by atomic mass is 9.96. The van der Waals surface area contributed by atoms with Gasteiger partial charge < -0.3 is 5.32 Å². The zero-order valence-corrected chi connectivity index (χ0v) is 6.76. The number of carbonyl (C=O) groups is 2. The van der Waals surface area contributed by atoms with Gasteiger partial charge >= 0.3 is 0 Å². The average molecular weight is 163 g/mol. The van der Waals surface area contributed by atoms with E-state index >= 15 is 0 Å². The van der Waals surface area contributed by atoms with Gasteiger partial charge in [-0.3, -0.25) is 9.59 Å². The molecule has 3 nitrogen and oxygen atoms in total. The summed E-state index contributed by atoms with van der Waals surface area (Å²) in [5, 5.41) is 3.00. The van der Waals surface area contributed by atoms with Crippen LogP contribution in [0.4, 0.5) is 0 Å². The molecule has 0 aromatic heterocycles. The number of carbonyl (C=O) groups excluding carboxylic acids is 2. The number of hydrogen-bond donors (Lipinski definition) is 1. The predicted molar refractivity (Wildman–Crippen MR) is 43.6 cm³/mol. The van der Waals surface area contributed by atoms with E-state index in [1.165, 1.54) is 12.2 Å². The molecule has 1 unspecified atom stereocenters. The third kappa shape index (κ3) is 1.12. The molecular weight excluding hydrogens is 154 g/mol. The molecule has 2 aliphatic rings. The molecule has 1 fully saturated rings. The number of hydrogen-bond acceptors (Lipinski definition) is 3. The summed E-state index contributed by atoms with van der Waals surface area (Å²) in [5.74, 6) is -0.0691. The van der Waals surface area contributed by atoms with Crippen LogP contribution in [-0.2, 0) is 9.59 Å². The van der Waals surface area contributed by atoms with Crippen molar-refractivity contribution in [1.29, 1.82) is 0 Å². The van der Waals surface area contributed by atoms with Gasteiger partial charge in [0.05, 0.1) is 0 Å². The van der Waals surface area contributed by atoms with Crippen LogP contribution in [-0.4, -0.2) is 24.2 Å². The van der Waals surface area contributed by atoms with Gasteiger partial charge in [-0.25, -0.2) is 0 Å². The second-order valence-electron chi connectivity index (χ2n) is 3.12. The summed E-state index contributed by atoms with van der Waals surface area (Å²) in [4.78, 5) is 22.5. The zero-order chi connectivity index (χ0) is 8.72. The lowest BCUT2D eigenvalue weighted by Crippen LogP contribution is -2.16. The Hall–Kier alpha value is -1.22. The van der Waals surface area contributed by atoms with E-state index in [0.717, 1.165) is 6.54 Å². The highest BCUT2D eigenvalue weighted by Gasteiger charge is 2.31. The highest BCUT2D eigenvalue weighted by Crippen LogP contribution is 2.18. The fraction of sp³-hybridized carbons (Fsp3) is 0.333. The van der Waals surface area contributed by atoms with Crippen molar-refractivity contribution >= 4 is 11.6 Å². The summed E-state index contributed by atoms with van der Waals surface area (Å²) in [5.41, 5.74) is 1.15. The van der Waals surface area contributed by atoms with E-state index in [4.69, 9.17) is 0 Å². The van der Waals surface area contributed by atoms with Crippen LogP contribution in [0.15, 0.2) is 23.3 Å². The molecule has 0 radical (unpaired) electrons. The topological polar surface area (TPSA) is 56.1 Å². The Morgan fingerprint density at radius 3 is 2.58 bits per heavy atom. The second kappa shape index (κ2) is 2.38. The number of rotatable bonds is 1. The summed E-state index contributed by atoms with van der Waals surface area (Å²) >= 11 is 0. The van der Waals surface area contributed by atoms with Gasteiger partial charge in [0.2, 0.25) is 0 Å². The predicted octanol–water partition coefficient (Wildman–Crippen LogP) is -0.0173. The summed E-state index contributed by atoms with van der Waals surface area (Å²) in [6, 6.07) is 0.130. The second-order valence-corrected chi connectivity index (χ2v) is 3.12. The highest BCUT2D eigenvalue weighted by atomic mass is 16.1. The average Bonchev–Trinajstić information content (AvgIpc) is 2.79. The van der Waals surface area contributed by atoms with Crippen molar-refractivity contribution in [3.63, 3.8) is 0 Å². The first-order valence-corrected chi connectivity index (χ1v) is 3.90. The molecule has 12 heavy (non-hydrogen) atoms. The van der Waals surface area contributed by atoms with Gasteiger partial charge in [0, 0.05) is 23.7 Å². The molecule has 1 N–H and O–H groups in total. The fourth-order valence-corrected chi connectivity index (χ4v) is 1.23. The normalized spacial score (nSPS) is 28.2. The van der Waals surface area contributed by atoms with Crippen LogP contribution in [0.1, 0.15) is 6.92 Å². The SMILES string of the molecule is CC1=CC(=O)C(C2CN2)=CC1=O. The lowest BCUT2D eigenvalue weighted by Gasteiger charge is -2.06. The summed E-state index contributed by atoms with van der Waals surface area (Å²) < 4.78 is 0. The van der Waals surface area contributed by atoms with Crippen molar-refractivity contribution in [1.82, 2.24) is 5.32 Å². The van der Waals surface area contributed by atoms with Gasteiger partial charge in [0.15, 0.2) is 11.6 Å². The molecule has 0 aromatic carbocycles. The van der Waals surface area contributed by atoms with Crippen LogP contribution >= 0.6 is 0 Å². The van der Waals surface area contributed by atoms with Crippen molar-refractivity contribution in [3.8, 4) is 0 Å². The lowest BCUT2D eigenvalue weighted by molar-refractivity contribution is -0.115. The number of ketones is 2. The molecule has 1 saturated heterocycles. The van der Waals surface area contributed by atoms with E-state index in [-0.39, 0.29) is 17.6 Å². The molecule has 1 heterocycles. The Labute approximate surface area is 70.1 Å². The monoisotopic (exact) mass is 163 g/mol. The van der Waals surface area contributed by atoms with Crippen molar-refractivity contribution in [2.75, 3.05) is 6.54 Å². The van der Waals surface area contributed by atoms with Crippen LogP contribution in [0.2, 0.25) is 0 Å². The molecule has 0 bridgehead atoms. The summed E-state index contributed by atoms with van der Waals surface area (Å²) in [6.45, 7) is 2.48. The van der Waals surface area contributed by atoms with Gasteiger partial charge in [0.1, 0.15) is 0 Å². The Kier molecular flexibility index (Phi) is 1.48. The van der Waals surface area contributed by atoms with Crippen LogP contribution < -0.4 is 5.32 Å². The van der Waals surface area contributed by atoms with Crippen LogP contribution in [0.5, 0.6) is 0 Å². The molecule has 0 aromatic rings. The molecule has 2 rings (SSSR count). The van der Waals surface area contributed by atoms with Gasteiger partial charge in [-0.1, -0.05) is 0 Å². The standard InChI is InChI=1S/C9H9NO2/c1-5-2-9(12)6(3-8(5)11)7-4-10-7/h2-3,7,10H,4H2,1H3. The Balaban J connectivity index is 2.31. The van der Waals surface area contributed by atoms with Gasteiger partial charge in [-0.05, 0) is 19.1 Å². The highest BCUT2D eigenvalue weighted by molar-refractivity contribution is 6.20. The van der Waals surface area contributed by atoms with Crippen molar-refractivity contribution in [2.45, 2.75) is 13.0 Å². The minimum absolute atomic E-state index is 0.0258. The summed E-state index contributed by atoms with van der Waals surface area (Å²) in [6.07, 6.45) is 2.86. The van der Waals surface area contributed by atoms with Crippen molar-refractivity contribution < 1.29 is 9.59 Å². The van der Waals surface area contributed by atoms with E-state index < -0.39 is 0 Å². The smallest absolute Gasteiger partial charge is 0.183 e. The van der Waals surface area contributed by atoms with E-state index in [2.05, 4.69) is 5.32 Å². The first-order chi connectivity index (χ1) is 5.68. The maximum absolute atomic E-state index is 11.3. The van der Waals surface area contributed by atoms with Crippen LogP contribution in [0, 0.1) is 0 Å². The first kappa shape index (κ1) is 7.43.